The third kappa shape index (κ3) is 3.04. The van der Waals surface area contributed by atoms with Gasteiger partial charge in [-0.15, -0.1) is 11.6 Å². The Morgan fingerprint density at radius 1 is 1.32 bits per heavy atom. The van der Waals surface area contributed by atoms with Gasteiger partial charge in [-0.2, -0.15) is 4.31 Å². The number of hydrogen-bond acceptors (Lipinski definition) is 3. The van der Waals surface area contributed by atoms with Crippen LogP contribution in [0.1, 0.15) is 19.3 Å². The van der Waals surface area contributed by atoms with Crippen molar-refractivity contribution in [1.29, 1.82) is 0 Å². The van der Waals surface area contributed by atoms with E-state index in [9.17, 15) is 8.42 Å². The van der Waals surface area contributed by atoms with Gasteiger partial charge < -0.3 is 4.74 Å². The van der Waals surface area contributed by atoms with Crippen LogP contribution in [0.2, 0.25) is 0 Å². The Bertz CT molecular complexity index is 511. The van der Waals surface area contributed by atoms with Crippen molar-refractivity contribution in [1.82, 2.24) is 4.31 Å². The largest absolute Gasteiger partial charge is 0.497 e. The van der Waals surface area contributed by atoms with Crippen molar-refractivity contribution in [2.24, 2.45) is 0 Å². The van der Waals surface area contributed by atoms with Crippen molar-refractivity contribution in [3.63, 3.8) is 0 Å². The first-order chi connectivity index (χ1) is 9.09. The number of hydrogen-bond donors (Lipinski definition) is 0. The van der Waals surface area contributed by atoms with E-state index in [1.54, 1.807) is 31.4 Å². The third-order valence-corrected chi connectivity index (χ3v) is 5.59. The van der Waals surface area contributed by atoms with Crippen LogP contribution in [0.25, 0.3) is 0 Å². The molecule has 0 N–H and O–H groups in total. The fourth-order valence-electron chi connectivity index (χ4n) is 2.14. The van der Waals surface area contributed by atoms with Crippen LogP contribution in [0.4, 0.5) is 0 Å². The molecule has 0 bridgehead atoms. The van der Waals surface area contributed by atoms with E-state index in [4.69, 9.17) is 16.3 Å². The Morgan fingerprint density at radius 3 is 2.37 bits per heavy atom. The first-order valence-electron chi connectivity index (χ1n) is 6.31. The molecule has 1 aromatic rings. The van der Waals surface area contributed by atoms with E-state index in [2.05, 4.69) is 0 Å². The Morgan fingerprint density at radius 2 is 1.95 bits per heavy atom. The third-order valence-electron chi connectivity index (χ3n) is 3.45. The number of methoxy groups -OCH3 is 1. The fourth-order valence-corrected chi connectivity index (χ4v) is 4.11. The van der Waals surface area contributed by atoms with E-state index in [0.29, 0.717) is 23.1 Å². The maximum atomic E-state index is 12.6. The van der Waals surface area contributed by atoms with Gasteiger partial charge in [-0.25, -0.2) is 8.42 Å². The second-order valence-corrected chi connectivity index (χ2v) is 6.83. The van der Waals surface area contributed by atoms with Crippen molar-refractivity contribution in [2.45, 2.75) is 30.2 Å². The van der Waals surface area contributed by atoms with Crippen LogP contribution in [-0.2, 0) is 10.0 Å². The lowest BCUT2D eigenvalue weighted by Gasteiger charge is -2.36. The van der Waals surface area contributed by atoms with Crippen molar-refractivity contribution < 1.29 is 13.2 Å². The van der Waals surface area contributed by atoms with Crippen LogP contribution in [0.5, 0.6) is 5.75 Å². The van der Waals surface area contributed by atoms with Crippen LogP contribution in [0, 0.1) is 0 Å². The van der Waals surface area contributed by atoms with E-state index in [-0.39, 0.29) is 6.04 Å². The monoisotopic (exact) mass is 303 g/mol. The highest BCUT2D eigenvalue weighted by atomic mass is 35.5. The molecule has 6 heteroatoms. The van der Waals surface area contributed by atoms with Gasteiger partial charge in [-0.05, 0) is 37.1 Å². The molecule has 19 heavy (non-hydrogen) atoms. The molecule has 1 aliphatic carbocycles. The molecule has 0 aliphatic heterocycles. The number of ether oxygens (including phenoxy) is 1. The van der Waals surface area contributed by atoms with Crippen LogP contribution < -0.4 is 4.74 Å². The molecule has 0 heterocycles. The Labute approximate surface area is 119 Å². The summed E-state index contributed by atoms with van der Waals surface area (Å²) in [6.45, 7) is 0.362. The molecular formula is C13H18ClNO3S. The maximum Gasteiger partial charge on any atom is 0.243 e. The van der Waals surface area contributed by atoms with E-state index in [1.807, 2.05) is 0 Å². The van der Waals surface area contributed by atoms with Gasteiger partial charge in [-0.1, -0.05) is 6.42 Å². The summed E-state index contributed by atoms with van der Waals surface area (Å²) < 4.78 is 31.7. The van der Waals surface area contributed by atoms with Crippen molar-refractivity contribution in [2.75, 3.05) is 19.5 Å². The summed E-state index contributed by atoms with van der Waals surface area (Å²) in [4.78, 5) is 0.297. The van der Waals surface area contributed by atoms with E-state index in [1.165, 1.54) is 4.31 Å². The minimum Gasteiger partial charge on any atom is -0.497 e. The molecule has 2 rings (SSSR count). The normalized spacial score (nSPS) is 16.4. The molecule has 0 radical (unpaired) electrons. The van der Waals surface area contributed by atoms with Crippen molar-refractivity contribution in [3.05, 3.63) is 24.3 Å². The Balaban J connectivity index is 2.26. The summed E-state index contributed by atoms with van der Waals surface area (Å²) >= 11 is 5.74. The highest BCUT2D eigenvalue weighted by Gasteiger charge is 2.34. The van der Waals surface area contributed by atoms with Gasteiger partial charge in [0.25, 0.3) is 0 Å². The molecule has 0 saturated heterocycles. The topological polar surface area (TPSA) is 46.6 Å². The van der Waals surface area contributed by atoms with Gasteiger partial charge in [0, 0.05) is 18.5 Å². The highest BCUT2D eigenvalue weighted by Crippen LogP contribution is 2.30. The summed E-state index contributed by atoms with van der Waals surface area (Å²) in [6, 6.07) is 6.58. The molecule has 1 saturated carbocycles. The molecule has 1 fully saturated rings. The zero-order chi connectivity index (χ0) is 13.9. The Hall–Kier alpha value is -0.780. The summed E-state index contributed by atoms with van der Waals surface area (Å²) in [7, 11) is -1.90. The lowest BCUT2D eigenvalue weighted by molar-refractivity contribution is 0.227. The predicted octanol–water partition coefficient (Wildman–Crippen LogP) is 2.48. The zero-order valence-electron chi connectivity index (χ0n) is 10.9. The standard InChI is InChI=1S/C13H18ClNO3S/c1-18-12-5-7-13(8-6-12)19(16,17)15(10-9-14)11-3-2-4-11/h5-8,11H,2-4,9-10H2,1H3. The molecule has 0 atom stereocenters. The van der Waals surface area contributed by atoms with E-state index >= 15 is 0 Å². The number of halogens is 1. The highest BCUT2D eigenvalue weighted by molar-refractivity contribution is 7.89. The molecule has 0 spiro atoms. The van der Waals surface area contributed by atoms with E-state index < -0.39 is 10.0 Å². The van der Waals surface area contributed by atoms with Gasteiger partial charge >= 0.3 is 0 Å². The van der Waals surface area contributed by atoms with Crippen LogP contribution in [0.15, 0.2) is 29.2 Å². The molecule has 1 aliphatic rings. The Kier molecular flexibility index (Phi) is 4.71. The molecule has 4 nitrogen and oxygen atoms in total. The summed E-state index contributed by atoms with van der Waals surface area (Å²) in [5.41, 5.74) is 0. The lowest BCUT2D eigenvalue weighted by Crippen LogP contribution is -2.45. The van der Waals surface area contributed by atoms with Crippen LogP contribution in [-0.4, -0.2) is 38.3 Å². The second-order valence-electron chi connectivity index (χ2n) is 4.56. The molecule has 0 aromatic heterocycles. The van der Waals surface area contributed by atoms with Crippen LogP contribution in [0.3, 0.4) is 0 Å². The maximum absolute atomic E-state index is 12.6. The van der Waals surface area contributed by atoms with Gasteiger partial charge in [-0.3, -0.25) is 0 Å². The first-order valence-corrected chi connectivity index (χ1v) is 8.29. The van der Waals surface area contributed by atoms with Gasteiger partial charge in [0.1, 0.15) is 5.75 Å². The molecule has 0 amide bonds. The average molecular weight is 304 g/mol. The SMILES string of the molecule is COc1ccc(S(=O)(=O)N(CCCl)C2CCC2)cc1. The minimum absolute atomic E-state index is 0.103. The van der Waals surface area contributed by atoms with Crippen molar-refractivity contribution >= 4 is 21.6 Å². The number of nitrogens with zero attached hydrogens (tertiary/aromatic N) is 1. The molecule has 1 aromatic carbocycles. The molecular weight excluding hydrogens is 286 g/mol. The van der Waals surface area contributed by atoms with Gasteiger partial charge in [0.15, 0.2) is 0 Å². The average Bonchev–Trinajstić information content (AvgIpc) is 2.36. The lowest BCUT2D eigenvalue weighted by atomic mass is 9.93. The smallest absolute Gasteiger partial charge is 0.243 e. The molecule has 106 valence electrons. The predicted molar refractivity (Wildman–Crippen MR) is 75.2 cm³/mol. The number of alkyl halides is 1. The number of benzene rings is 1. The first kappa shape index (κ1) is 14.6. The second kappa shape index (κ2) is 6.11. The zero-order valence-corrected chi connectivity index (χ0v) is 12.5. The summed E-state index contributed by atoms with van der Waals surface area (Å²) in [5, 5.41) is 0. The number of sulfonamides is 1. The van der Waals surface area contributed by atoms with Gasteiger partial charge in [0.2, 0.25) is 10.0 Å². The fraction of sp³-hybridized carbons (Fsp3) is 0.538. The van der Waals surface area contributed by atoms with Crippen molar-refractivity contribution in [3.8, 4) is 5.75 Å². The van der Waals surface area contributed by atoms with Gasteiger partial charge in [0.05, 0.1) is 12.0 Å². The van der Waals surface area contributed by atoms with Crippen LogP contribution >= 0.6 is 11.6 Å². The quantitative estimate of drug-likeness (QED) is 0.759. The van der Waals surface area contributed by atoms with E-state index in [0.717, 1.165) is 19.3 Å². The minimum atomic E-state index is -3.45. The molecule has 0 unspecified atom stereocenters. The summed E-state index contributed by atoms with van der Waals surface area (Å²) in [6.07, 6.45) is 2.93. The number of rotatable bonds is 6. The summed E-state index contributed by atoms with van der Waals surface area (Å²) in [5.74, 6) is 0.956.